The average molecular weight is 228 g/mol. The van der Waals surface area contributed by atoms with Gasteiger partial charge in [0.05, 0.1) is 0 Å². The summed E-state index contributed by atoms with van der Waals surface area (Å²) in [5.74, 6) is 0. The van der Waals surface area contributed by atoms with Crippen LogP contribution < -0.4 is 0 Å². The van der Waals surface area contributed by atoms with Crippen LogP contribution in [0.25, 0.3) is 11.0 Å². The van der Waals surface area contributed by atoms with Crippen LogP contribution in [-0.2, 0) is 5.41 Å². The van der Waals surface area contributed by atoms with Crippen LogP contribution in [0.5, 0.6) is 0 Å². The summed E-state index contributed by atoms with van der Waals surface area (Å²) in [5.41, 5.74) is 5.67. The fraction of sp³-hybridized carbons (Fsp3) is 0.467. The standard InChI is InChI=1S/C15H20N2/c1-9-7-10(2)16-14-12(9)8-13(11(3)17-14)15(4,5)6/h7-8H,1-6H3. The molecule has 2 aromatic heterocycles. The van der Waals surface area contributed by atoms with Gasteiger partial charge in [-0.15, -0.1) is 0 Å². The maximum Gasteiger partial charge on any atom is 0.159 e. The van der Waals surface area contributed by atoms with Gasteiger partial charge < -0.3 is 0 Å². The topological polar surface area (TPSA) is 25.8 Å². The van der Waals surface area contributed by atoms with Crippen molar-refractivity contribution in [1.29, 1.82) is 0 Å². The van der Waals surface area contributed by atoms with Gasteiger partial charge in [-0.25, -0.2) is 9.97 Å². The molecule has 0 N–H and O–H groups in total. The highest BCUT2D eigenvalue weighted by Gasteiger charge is 2.18. The normalized spacial score (nSPS) is 12.1. The number of aryl methyl sites for hydroxylation is 3. The van der Waals surface area contributed by atoms with Gasteiger partial charge in [0.15, 0.2) is 5.65 Å². The van der Waals surface area contributed by atoms with Gasteiger partial charge in [0, 0.05) is 16.8 Å². The molecule has 2 rings (SSSR count). The van der Waals surface area contributed by atoms with Gasteiger partial charge in [0.25, 0.3) is 0 Å². The number of rotatable bonds is 0. The third kappa shape index (κ3) is 2.17. The Morgan fingerprint density at radius 2 is 1.59 bits per heavy atom. The molecular formula is C15H20N2. The van der Waals surface area contributed by atoms with Gasteiger partial charge in [-0.1, -0.05) is 20.8 Å². The van der Waals surface area contributed by atoms with E-state index >= 15 is 0 Å². The molecule has 0 unspecified atom stereocenters. The molecule has 0 aliphatic rings. The van der Waals surface area contributed by atoms with Crippen LogP contribution in [0.1, 0.15) is 43.3 Å². The zero-order valence-corrected chi connectivity index (χ0v) is 11.5. The zero-order valence-electron chi connectivity index (χ0n) is 11.5. The highest BCUT2D eigenvalue weighted by Crippen LogP contribution is 2.28. The molecule has 0 radical (unpaired) electrons. The molecule has 0 spiro atoms. The van der Waals surface area contributed by atoms with E-state index in [1.807, 2.05) is 6.92 Å². The van der Waals surface area contributed by atoms with E-state index in [0.29, 0.717) is 0 Å². The minimum atomic E-state index is 0.128. The van der Waals surface area contributed by atoms with E-state index in [4.69, 9.17) is 0 Å². The summed E-state index contributed by atoms with van der Waals surface area (Å²) < 4.78 is 0. The van der Waals surface area contributed by atoms with Crippen molar-refractivity contribution in [3.05, 3.63) is 34.6 Å². The molecule has 0 bridgehead atoms. The summed E-state index contributed by atoms with van der Waals surface area (Å²) in [5, 5.41) is 1.17. The number of nitrogens with zero attached hydrogens (tertiary/aromatic N) is 2. The molecule has 0 saturated heterocycles. The molecule has 2 heterocycles. The van der Waals surface area contributed by atoms with Gasteiger partial charge in [0.1, 0.15) is 0 Å². The van der Waals surface area contributed by atoms with Crippen LogP contribution in [0, 0.1) is 20.8 Å². The third-order valence-electron chi connectivity index (χ3n) is 3.13. The predicted octanol–water partition coefficient (Wildman–Crippen LogP) is 3.85. The molecule has 0 saturated carbocycles. The summed E-state index contributed by atoms with van der Waals surface area (Å²) in [6.45, 7) is 12.9. The van der Waals surface area contributed by atoms with E-state index < -0.39 is 0 Å². The molecule has 2 heteroatoms. The van der Waals surface area contributed by atoms with Crippen LogP contribution in [0.4, 0.5) is 0 Å². The molecule has 0 aliphatic carbocycles. The van der Waals surface area contributed by atoms with E-state index in [-0.39, 0.29) is 5.41 Å². The van der Waals surface area contributed by atoms with Gasteiger partial charge in [-0.2, -0.15) is 0 Å². The van der Waals surface area contributed by atoms with Crippen LogP contribution in [-0.4, -0.2) is 9.97 Å². The van der Waals surface area contributed by atoms with Crippen LogP contribution in [0.3, 0.4) is 0 Å². The van der Waals surface area contributed by atoms with Crippen molar-refractivity contribution in [1.82, 2.24) is 9.97 Å². The monoisotopic (exact) mass is 228 g/mol. The smallest absolute Gasteiger partial charge is 0.159 e. The molecule has 90 valence electrons. The third-order valence-corrected chi connectivity index (χ3v) is 3.13. The van der Waals surface area contributed by atoms with Crippen molar-refractivity contribution in [3.63, 3.8) is 0 Å². The summed E-state index contributed by atoms with van der Waals surface area (Å²) in [6.07, 6.45) is 0. The van der Waals surface area contributed by atoms with Crippen LogP contribution in [0.15, 0.2) is 12.1 Å². The fourth-order valence-electron chi connectivity index (χ4n) is 2.32. The highest BCUT2D eigenvalue weighted by atomic mass is 14.9. The first-order chi connectivity index (χ1) is 7.79. The maximum atomic E-state index is 4.65. The Morgan fingerprint density at radius 3 is 2.18 bits per heavy atom. The van der Waals surface area contributed by atoms with E-state index in [2.05, 4.69) is 56.7 Å². The first-order valence-corrected chi connectivity index (χ1v) is 6.05. The Kier molecular flexibility index (Phi) is 2.69. The second-order valence-electron chi connectivity index (χ2n) is 5.82. The first-order valence-electron chi connectivity index (χ1n) is 6.05. The molecule has 0 atom stereocenters. The number of aromatic nitrogens is 2. The Hall–Kier alpha value is -1.44. The molecule has 2 aromatic rings. The van der Waals surface area contributed by atoms with E-state index in [1.165, 1.54) is 16.5 Å². The summed E-state index contributed by atoms with van der Waals surface area (Å²) >= 11 is 0. The van der Waals surface area contributed by atoms with Crippen molar-refractivity contribution in [2.75, 3.05) is 0 Å². The van der Waals surface area contributed by atoms with Crippen LogP contribution >= 0.6 is 0 Å². The molecule has 0 fully saturated rings. The van der Waals surface area contributed by atoms with Crippen molar-refractivity contribution < 1.29 is 0 Å². The second-order valence-corrected chi connectivity index (χ2v) is 5.82. The lowest BCUT2D eigenvalue weighted by Gasteiger charge is -2.21. The molecule has 0 amide bonds. The number of hydrogen-bond acceptors (Lipinski definition) is 2. The highest BCUT2D eigenvalue weighted by molar-refractivity contribution is 5.80. The zero-order chi connectivity index (χ0) is 12.8. The van der Waals surface area contributed by atoms with E-state index in [0.717, 1.165) is 17.0 Å². The summed E-state index contributed by atoms with van der Waals surface area (Å²) in [4.78, 5) is 9.16. The second kappa shape index (κ2) is 3.80. The first kappa shape index (κ1) is 12.0. The lowest BCUT2D eigenvalue weighted by atomic mass is 9.85. The van der Waals surface area contributed by atoms with Crippen molar-refractivity contribution in [2.24, 2.45) is 0 Å². The van der Waals surface area contributed by atoms with E-state index in [1.54, 1.807) is 0 Å². The predicted molar refractivity (Wildman–Crippen MR) is 72.4 cm³/mol. The minimum Gasteiger partial charge on any atom is -0.233 e. The van der Waals surface area contributed by atoms with Gasteiger partial charge >= 0.3 is 0 Å². The largest absolute Gasteiger partial charge is 0.233 e. The molecular weight excluding hydrogens is 208 g/mol. The SMILES string of the molecule is Cc1cc(C)c2cc(C(C)(C)C)c(C)nc2n1. The molecule has 0 aromatic carbocycles. The van der Waals surface area contributed by atoms with Crippen molar-refractivity contribution >= 4 is 11.0 Å². The lowest BCUT2D eigenvalue weighted by molar-refractivity contribution is 0.583. The number of pyridine rings is 2. The van der Waals surface area contributed by atoms with Crippen molar-refractivity contribution in [2.45, 2.75) is 47.0 Å². The number of hydrogen-bond donors (Lipinski definition) is 0. The Morgan fingerprint density at radius 1 is 0.941 bits per heavy atom. The average Bonchev–Trinajstić information content (AvgIpc) is 2.13. The minimum absolute atomic E-state index is 0.128. The molecule has 17 heavy (non-hydrogen) atoms. The molecule has 0 aliphatic heterocycles. The maximum absolute atomic E-state index is 4.65. The van der Waals surface area contributed by atoms with Crippen molar-refractivity contribution in [3.8, 4) is 0 Å². The Balaban J connectivity index is 2.81. The van der Waals surface area contributed by atoms with E-state index in [9.17, 15) is 0 Å². The quantitative estimate of drug-likeness (QED) is 0.684. The van der Waals surface area contributed by atoms with Gasteiger partial charge in [-0.3, -0.25) is 0 Å². The Bertz CT molecular complexity index is 577. The summed E-state index contributed by atoms with van der Waals surface area (Å²) in [7, 11) is 0. The molecule has 2 nitrogen and oxygen atoms in total. The number of fused-ring (bicyclic) bond motifs is 1. The summed E-state index contributed by atoms with van der Waals surface area (Å²) in [6, 6.07) is 4.37. The fourth-order valence-corrected chi connectivity index (χ4v) is 2.32. The van der Waals surface area contributed by atoms with Crippen LogP contribution in [0.2, 0.25) is 0 Å². The lowest BCUT2D eigenvalue weighted by Crippen LogP contribution is -2.14. The Labute approximate surface area is 103 Å². The van der Waals surface area contributed by atoms with Gasteiger partial charge in [0.2, 0.25) is 0 Å². The van der Waals surface area contributed by atoms with Gasteiger partial charge in [-0.05, 0) is 49.4 Å².